The Morgan fingerprint density at radius 1 is 1.24 bits per heavy atom. The lowest BCUT2D eigenvalue weighted by molar-refractivity contribution is -0.677. The van der Waals surface area contributed by atoms with Gasteiger partial charge in [0.2, 0.25) is 11.9 Å². The largest absolute Gasteiger partial charge is 0.401 e. The highest BCUT2D eigenvalue weighted by Crippen LogP contribution is 2.29. The van der Waals surface area contributed by atoms with E-state index in [0.29, 0.717) is 17.3 Å². The molecule has 8 heteroatoms. The number of imide groups is 1. The molecule has 25 heavy (non-hydrogen) atoms. The zero-order chi connectivity index (χ0) is 17.9. The average molecular weight is 342 g/mol. The van der Waals surface area contributed by atoms with Gasteiger partial charge in [0.25, 0.3) is 5.91 Å². The van der Waals surface area contributed by atoms with Gasteiger partial charge in [-0.2, -0.15) is 0 Å². The first-order valence-corrected chi connectivity index (χ1v) is 7.88. The summed E-state index contributed by atoms with van der Waals surface area (Å²) >= 11 is 0. The zero-order valence-corrected chi connectivity index (χ0v) is 14.1. The molecule has 0 N–H and O–H groups in total. The fourth-order valence-electron chi connectivity index (χ4n) is 3.24. The summed E-state index contributed by atoms with van der Waals surface area (Å²) < 4.78 is 17.6. The van der Waals surface area contributed by atoms with Gasteiger partial charge < -0.3 is 0 Å². The number of likely N-dealkylation sites (N-methyl/N-ethyl adjacent to an activating group) is 1. The molecule has 1 saturated heterocycles. The molecule has 0 saturated carbocycles. The third-order valence-corrected chi connectivity index (χ3v) is 4.77. The Morgan fingerprint density at radius 3 is 2.68 bits per heavy atom. The first kappa shape index (κ1) is 15.5. The topological polar surface area (TPSA) is 61.8 Å². The fraction of sp³-hybridized carbons (Fsp3) is 0.294. The van der Waals surface area contributed by atoms with Crippen LogP contribution in [0, 0.1) is 12.7 Å². The summed E-state index contributed by atoms with van der Waals surface area (Å²) in [5.41, 5.74) is 1.25. The second kappa shape index (κ2) is 5.23. The monoisotopic (exact) mass is 342 g/mol. The number of carbonyl (C=O) groups is 2. The number of halogens is 1. The summed E-state index contributed by atoms with van der Waals surface area (Å²) in [6.45, 7) is 1.81. The Bertz CT molecular complexity index is 949. The zero-order valence-electron chi connectivity index (χ0n) is 14.1. The summed E-state index contributed by atoms with van der Waals surface area (Å²) in [7, 11) is 3.43. The second-order valence-electron chi connectivity index (χ2n) is 6.27. The molecule has 1 aromatic carbocycles. The van der Waals surface area contributed by atoms with Crippen molar-refractivity contribution in [2.24, 2.45) is 12.0 Å². The summed E-state index contributed by atoms with van der Waals surface area (Å²) in [6.07, 6.45) is 1.83. The van der Waals surface area contributed by atoms with Crippen molar-refractivity contribution in [3.8, 4) is 0 Å². The summed E-state index contributed by atoms with van der Waals surface area (Å²) in [5, 5.41) is 0. The van der Waals surface area contributed by atoms with E-state index in [-0.39, 0.29) is 6.54 Å². The molecule has 0 spiro atoms. The minimum Gasteiger partial charge on any atom is -0.270 e. The maximum absolute atomic E-state index is 14.0. The Labute approximate surface area is 143 Å². The van der Waals surface area contributed by atoms with E-state index in [2.05, 4.69) is 4.99 Å². The number of aromatic nitrogens is 2. The Hall–Kier alpha value is -3.03. The highest BCUT2D eigenvalue weighted by molar-refractivity contribution is 6.18. The molecule has 0 bridgehead atoms. The van der Waals surface area contributed by atoms with E-state index in [1.807, 2.05) is 24.7 Å². The molecule has 0 radical (unpaired) electrons. The number of aliphatic imine (C=N–C) groups is 1. The maximum atomic E-state index is 14.0. The summed E-state index contributed by atoms with van der Waals surface area (Å²) in [5.74, 6) is 0.156. The van der Waals surface area contributed by atoms with Gasteiger partial charge in [-0.15, -0.1) is 0 Å². The number of amidine groups is 1. The molecule has 1 fully saturated rings. The smallest absolute Gasteiger partial charge is 0.270 e. The minimum absolute atomic E-state index is 0.111. The molecule has 2 aromatic rings. The van der Waals surface area contributed by atoms with Crippen molar-refractivity contribution in [1.29, 1.82) is 0 Å². The van der Waals surface area contributed by atoms with Gasteiger partial charge in [-0.25, -0.2) is 18.3 Å². The highest BCUT2D eigenvalue weighted by atomic mass is 19.1. The highest BCUT2D eigenvalue weighted by Gasteiger charge is 2.52. The molecule has 0 aliphatic carbocycles. The number of nitrogens with zero attached hydrogens (tertiary/aromatic N) is 5. The van der Waals surface area contributed by atoms with Gasteiger partial charge >= 0.3 is 12.0 Å². The van der Waals surface area contributed by atoms with Gasteiger partial charge in [0.1, 0.15) is 17.7 Å². The van der Waals surface area contributed by atoms with E-state index < -0.39 is 23.8 Å². The average Bonchev–Trinajstić information content (AvgIpc) is 3.08. The van der Waals surface area contributed by atoms with E-state index in [1.165, 1.54) is 11.0 Å². The minimum atomic E-state index is -0.704. The van der Waals surface area contributed by atoms with Gasteiger partial charge in [0.15, 0.2) is 0 Å². The van der Waals surface area contributed by atoms with Crippen molar-refractivity contribution in [3.05, 3.63) is 47.5 Å². The van der Waals surface area contributed by atoms with Crippen molar-refractivity contribution in [2.75, 3.05) is 7.05 Å². The summed E-state index contributed by atoms with van der Waals surface area (Å²) in [4.78, 5) is 32.5. The van der Waals surface area contributed by atoms with Crippen LogP contribution in [0.3, 0.4) is 0 Å². The Kier molecular flexibility index (Phi) is 3.24. The number of hydrogen-bond donors (Lipinski definition) is 0. The molecule has 1 unspecified atom stereocenters. The van der Waals surface area contributed by atoms with Gasteiger partial charge in [0.05, 0.1) is 13.6 Å². The molecule has 2 aliphatic rings. The van der Waals surface area contributed by atoms with Crippen molar-refractivity contribution in [3.63, 3.8) is 0 Å². The van der Waals surface area contributed by atoms with Crippen LogP contribution >= 0.6 is 0 Å². The molecule has 128 valence electrons. The normalized spacial score (nSPS) is 19.2. The van der Waals surface area contributed by atoms with Gasteiger partial charge in [-0.1, -0.05) is 23.2 Å². The molecule has 1 aromatic heterocycles. The van der Waals surface area contributed by atoms with Gasteiger partial charge in [-0.05, 0) is 13.0 Å². The van der Waals surface area contributed by atoms with Crippen LogP contribution in [-0.4, -0.2) is 39.2 Å². The van der Waals surface area contributed by atoms with Crippen LogP contribution in [0.15, 0.2) is 35.5 Å². The fourth-order valence-corrected chi connectivity index (χ4v) is 3.24. The quantitative estimate of drug-likeness (QED) is 0.776. The molecule has 3 heterocycles. The summed E-state index contributed by atoms with van der Waals surface area (Å²) in [6, 6.07) is 4.92. The van der Waals surface area contributed by atoms with Crippen molar-refractivity contribution in [2.45, 2.75) is 19.5 Å². The number of imidazole rings is 1. The molecule has 7 nitrogen and oxygen atoms in total. The molecule has 3 amide bonds. The van der Waals surface area contributed by atoms with E-state index in [9.17, 15) is 14.0 Å². The third-order valence-electron chi connectivity index (χ3n) is 4.77. The predicted molar refractivity (Wildman–Crippen MR) is 86.6 cm³/mol. The number of benzene rings is 1. The van der Waals surface area contributed by atoms with E-state index >= 15 is 0 Å². The second-order valence-corrected chi connectivity index (χ2v) is 6.27. The molecular weight excluding hydrogens is 325 g/mol. The Balaban J connectivity index is 1.75. The van der Waals surface area contributed by atoms with Crippen molar-refractivity contribution < 1.29 is 18.5 Å². The van der Waals surface area contributed by atoms with Crippen LogP contribution in [0.25, 0.3) is 0 Å². The van der Waals surface area contributed by atoms with Gasteiger partial charge in [0, 0.05) is 12.6 Å². The van der Waals surface area contributed by atoms with Gasteiger partial charge in [-0.3, -0.25) is 14.6 Å². The number of hydrogen-bond acceptors (Lipinski definition) is 3. The molecule has 4 rings (SSSR count). The first-order valence-electron chi connectivity index (χ1n) is 7.88. The van der Waals surface area contributed by atoms with Crippen molar-refractivity contribution in [1.82, 2.24) is 14.4 Å². The van der Waals surface area contributed by atoms with Crippen molar-refractivity contribution >= 4 is 23.7 Å². The number of aryl methyl sites for hydroxylation is 1. The van der Waals surface area contributed by atoms with Crippen LogP contribution in [0.1, 0.15) is 17.3 Å². The molecular formula is C17H17FN5O2+. The van der Waals surface area contributed by atoms with Crippen LogP contribution in [-0.2, 0) is 18.4 Å². The van der Waals surface area contributed by atoms with Crippen LogP contribution in [0.5, 0.6) is 0 Å². The number of rotatable bonds is 2. The Morgan fingerprint density at radius 2 is 1.96 bits per heavy atom. The molecule has 1 atom stereocenters. The number of carbonyl (C=O) groups excluding carboxylic acids is 2. The number of amides is 3. The number of urea groups is 1. The molecule has 2 aliphatic heterocycles. The SMILES string of the molecule is Cc1c[n+]2c(n1C)N=C1C2C(=O)N(Cc2ccccc2F)C(=O)N1C. The lowest BCUT2D eigenvalue weighted by atomic mass is 10.1. The van der Waals surface area contributed by atoms with Crippen LogP contribution in [0.2, 0.25) is 0 Å². The lowest BCUT2D eigenvalue weighted by Crippen LogP contribution is -2.62. The number of fused-ring (bicyclic) bond motifs is 3. The van der Waals surface area contributed by atoms with Crippen LogP contribution < -0.4 is 4.57 Å². The lowest BCUT2D eigenvalue weighted by Gasteiger charge is -2.33. The van der Waals surface area contributed by atoms with E-state index in [4.69, 9.17) is 0 Å². The third kappa shape index (κ3) is 2.10. The van der Waals surface area contributed by atoms with E-state index in [1.54, 1.807) is 29.8 Å². The van der Waals surface area contributed by atoms with E-state index in [0.717, 1.165) is 10.6 Å². The first-order chi connectivity index (χ1) is 11.9. The standard InChI is InChI=1S/C17H17FN5O2/c1-10-8-22-13-14(19-16(22)20(10)2)21(3)17(25)23(15(13)24)9-11-6-4-5-7-12(11)18/h4-8,13H,9H2,1-3H3/q+1. The van der Waals surface area contributed by atoms with Crippen LogP contribution in [0.4, 0.5) is 15.1 Å². The maximum Gasteiger partial charge on any atom is 0.401 e. The predicted octanol–water partition coefficient (Wildman–Crippen LogP) is 1.44.